The van der Waals surface area contributed by atoms with Crippen LogP contribution in [0.25, 0.3) is 5.69 Å². The van der Waals surface area contributed by atoms with Crippen molar-refractivity contribution in [1.82, 2.24) is 9.55 Å². The summed E-state index contributed by atoms with van der Waals surface area (Å²) in [6.07, 6.45) is 6.47. The number of rotatable bonds is 4. The van der Waals surface area contributed by atoms with Gasteiger partial charge in [-0.3, -0.25) is 9.36 Å². The van der Waals surface area contributed by atoms with E-state index in [4.69, 9.17) is 10.5 Å². The normalized spacial score (nSPS) is 20.8. The van der Waals surface area contributed by atoms with Crippen LogP contribution < -0.4 is 21.3 Å². The van der Waals surface area contributed by atoms with Crippen molar-refractivity contribution in [3.05, 3.63) is 47.0 Å². The number of anilines is 1. The molecule has 0 amide bonds. The van der Waals surface area contributed by atoms with Crippen LogP contribution in [0.15, 0.2) is 41.5 Å². The Labute approximate surface area is 128 Å². The minimum atomic E-state index is -0.200. The van der Waals surface area contributed by atoms with Crippen LogP contribution in [0, 0.1) is 0 Å². The van der Waals surface area contributed by atoms with Gasteiger partial charge in [-0.05, 0) is 43.5 Å². The molecule has 1 aliphatic carbocycles. The Hall–Kier alpha value is -2.34. The highest BCUT2D eigenvalue weighted by molar-refractivity contribution is 5.42. The summed E-state index contributed by atoms with van der Waals surface area (Å²) in [5.41, 5.74) is 6.42. The van der Waals surface area contributed by atoms with Gasteiger partial charge in [-0.2, -0.15) is 0 Å². The quantitative estimate of drug-likeness (QED) is 0.895. The molecule has 0 bridgehead atoms. The van der Waals surface area contributed by atoms with Gasteiger partial charge in [0.25, 0.3) is 5.56 Å². The van der Waals surface area contributed by atoms with Gasteiger partial charge in [0.15, 0.2) is 5.75 Å². The van der Waals surface area contributed by atoms with E-state index in [-0.39, 0.29) is 11.6 Å². The first-order chi connectivity index (χ1) is 10.7. The van der Waals surface area contributed by atoms with E-state index in [1.165, 1.54) is 11.7 Å². The molecule has 2 aromatic heterocycles. The molecule has 2 aromatic rings. The fourth-order valence-corrected chi connectivity index (χ4v) is 2.80. The largest absolute Gasteiger partial charge is 0.491 e. The third kappa shape index (κ3) is 2.96. The number of methoxy groups -OCH3 is 1. The SMILES string of the molecule is COc1cccn(-c2ccc(N[C@H]3CC[C@H](N)C3)nc2)c1=O. The van der Waals surface area contributed by atoms with E-state index in [2.05, 4.69) is 10.3 Å². The van der Waals surface area contributed by atoms with Gasteiger partial charge < -0.3 is 15.8 Å². The van der Waals surface area contributed by atoms with Crippen molar-refractivity contribution >= 4 is 5.82 Å². The molecule has 2 atom stereocenters. The van der Waals surface area contributed by atoms with Gasteiger partial charge in [0.2, 0.25) is 0 Å². The number of nitrogens with one attached hydrogen (secondary N) is 1. The Morgan fingerprint density at radius 2 is 2.23 bits per heavy atom. The van der Waals surface area contributed by atoms with Gasteiger partial charge >= 0.3 is 0 Å². The number of hydrogen-bond acceptors (Lipinski definition) is 5. The number of ether oxygens (including phenoxy) is 1. The summed E-state index contributed by atoms with van der Waals surface area (Å²) in [6, 6.07) is 7.83. The zero-order chi connectivity index (χ0) is 15.5. The van der Waals surface area contributed by atoms with Gasteiger partial charge in [0.05, 0.1) is 19.0 Å². The number of hydrogen-bond donors (Lipinski definition) is 2. The number of pyridine rings is 2. The Morgan fingerprint density at radius 3 is 2.86 bits per heavy atom. The topological polar surface area (TPSA) is 82.2 Å². The van der Waals surface area contributed by atoms with Crippen LogP contribution in [0.4, 0.5) is 5.82 Å². The lowest BCUT2D eigenvalue weighted by Gasteiger charge is -2.13. The number of aromatic nitrogens is 2. The van der Waals surface area contributed by atoms with E-state index in [0.717, 1.165) is 25.1 Å². The van der Waals surface area contributed by atoms with Crippen LogP contribution in [-0.4, -0.2) is 28.7 Å². The third-order valence-corrected chi connectivity index (χ3v) is 3.98. The van der Waals surface area contributed by atoms with Crippen molar-refractivity contribution in [2.45, 2.75) is 31.3 Å². The Kier molecular flexibility index (Phi) is 4.11. The maximum absolute atomic E-state index is 12.2. The summed E-state index contributed by atoms with van der Waals surface area (Å²) in [5, 5.41) is 3.38. The van der Waals surface area contributed by atoms with Crippen LogP contribution in [0.2, 0.25) is 0 Å². The molecule has 22 heavy (non-hydrogen) atoms. The van der Waals surface area contributed by atoms with Gasteiger partial charge in [-0.25, -0.2) is 4.98 Å². The summed E-state index contributed by atoms with van der Waals surface area (Å²) in [7, 11) is 1.48. The van der Waals surface area contributed by atoms with Gasteiger partial charge in [-0.1, -0.05) is 0 Å². The fraction of sp³-hybridized carbons (Fsp3) is 0.375. The van der Waals surface area contributed by atoms with Crippen molar-refractivity contribution in [3.8, 4) is 11.4 Å². The summed E-state index contributed by atoms with van der Waals surface area (Å²) >= 11 is 0. The molecule has 3 N–H and O–H groups in total. The van der Waals surface area contributed by atoms with Crippen molar-refractivity contribution in [1.29, 1.82) is 0 Å². The molecule has 1 fully saturated rings. The molecule has 6 heteroatoms. The highest BCUT2D eigenvalue weighted by Gasteiger charge is 2.21. The second kappa shape index (κ2) is 6.19. The lowest BCUT2D eigenvalue weighted by molar-refractivity contribution is 0.406. The lowest BCUT2D eigenvalue weighted by Crippen LogP contribution is -2.21. The number of nitrogens with zero attached hydrogens (tertiary/aromatic N) is 2. The van der Waals surface area contributed by atoms with Crippen LogP contribution in [0.5, 0.6) is 5.75 Å². The molecule has 1 aliphatic rings. The molecule has 0 spiro atoms. The molecule has 0 unspecified atom stereocenters. The summed E-state index contributed by atoms with van der Waals surface area (Å²) in [6.45, 7) is 0. The molecule has 116 valence electrons. The van der Waals surface area contributed by atoms with Crippen molar-refractivity contribution in [2.75, 3.05) is 12.4 Å². The van der Waals surface area contributed by atoms with Crippen molar-refractivity contribution in [2.24, 2.45) is 5.73 Å². The summed E-state index contributed by atoms with van der Waals surface area (Å²) < 4.78 is 6.57. The second-order valence-corrected chi connectivity index (χ2v) is 5.57. The zero-order valence-electron chi connectivity index (χ0n) is 12.5. The predicted molar refractivity (Wildman–Crippen MR) is 85.6 cm³/mol. The first-order valence-corrected chi connectivity index (χ1v) is 7.41. The second-order valence-electron chi connectivity index (χ2n) is 5.57. The first kappa shape index (κ1) is 14.6. The lowest BCUT2D eigenvalue weighted by atomic mass is 10.2. The maximum Gasteiger partial charge on any atom is 0.297 e. The predicted octanol–water partition coefficient (Wildman–Crippen LogP) is 1.53. The zero-order valence-corrected chi connectivity index (χ0v) is 12.5. The Morgan fingerprint density at radius 1 is 1.36 bits per heavy atom. The van der Waals surface area contributed by atoms with Gasteiger partial charge in [0.1, 0.15) is 5.82 Å². The summed E-state index contributed by atoms with van der Waals surface area (Å²) in [5.74, 6) is 1.11. The number of nitrogens with two attached hydrogens (primary N) is 1. The van der Waals surface area contributed by atoms with Gasteiger partial charge in [-0.15, -0.1) is 0 Å². The van der Waals surface area contributed by atoms with E-state index < -0.39 is 0 Å². The van der Waals surface area contributed by atoms with Crippen LogP contribution >= 0.6 is 0 Å². The molecule has 3 rings (SSSR count). The standard InChI is InChI=1S/C16H20N4O2/c1-22-14-3-2-8-20(16(14)21)13-6-7-15(18-10-13)19-12-5-4-11(17)9-12/h2-3,6-8,10-12H,4-5,9,17H2,1H3,(H,18,19)/t11-,12-/m0/s1. The molecule has 6 nitrogen and oxygen atoms in total. The van der Waals surface area contributed by atoms with Crippen LogP contribution in [-0.2, 0) is 0 Å². The van der Waals surface area contributed by atoms with Crippen LogP contribution in [0.1, 0.15) is 19.3 Å². The minimum Gasteiger partial charge on any atom is -0.491 e. The smallest absolute Gasteiger partial charge is 0.297 e. The van der Waals surface area contributed by atoms with Crippen LogP contribution in [0.3, 0.4) is 0 Å². The molecule has 0 radical (unpaired) electrons. The van der Waals surface area contributed by atoms with E-state index >= 15 is 0 Å². The van der Waals surface area contributed by atoms with E-state index in [1.807, 2.05) is 12.1 Å². The average molecular weight is 300 g/mol. The third-order valence-electron chi connectivity index (χ3n) is 3.98. The van der Waals surface area contributed by atoms with Gasteiger partial charge in [0, 0.05) is 18.3 Å². The molecular weight excluding hydrogens is 280 g/mol. The molecule has 0 saturated heterocycles. The van der Waals surface area contributed by atoms with E-state index in [1.54, 1.807) is 24.5 Å². The molecule has 0 aliphatic heterocycles. The molecular formula is C16H20N4O2. The van der Waals surface area contributed by atoms with Crippen molar-refractivity contribution in [3.63, 3.8) is 0 Å². The molecule has 1 saturated carbocycles. The fourth-order valence-electron chi connectivity index (χ4n) is 2.80. The Balaban J connectivity index is 1.78. The first-order valence-electron chi connectivity index (χ1n) is 7.41. The average Bonchev–Trinajstić information content (AvgIpc) is 2.94. The molecule has 0 aromatic carbocycles. The minimum absolute atomic E-state index is 0.200. The Bertz CT molecular complexity index is 696. The summed E-state index contributed by atoms with van der Waals surface area (Å²) in [4.78, 5) is 16.6. The highest BCUT2D eigenvalue weighted by Crippen LogP contribution is 2.21. The highest BCUT2D eigenvalue weighted by atomic mass is 16.5. The maximum atomic E-state index is 12.2. The van der Waals surface area contributed by atoms with E-state index in [0.29, 0.717) is 17.5 Å². The van der Waals surface area contributed by atoms with Crippen molar-refractivity contribution < 1.29 is 4.74 Å². The monoisotopic (exact) mass is 300 g/mol. The van der Waals surface area contributed by atoms with E-state index in [9.17, 15) is 4.79 Å². The molecule has 2 heterocycles.